The number of carbonyl (C=O) groups excluding carboxylic acids is 2. The van der Waals surface area contributed by atoms with E-state index >= 15 is 0 Å². The van der Waals surface area contributed by atoms with E-state index in [4.69, 9.17) is 30.9 Å². The number of amides is 2. The summed E-state index contributed by atoms with van der Waals surface area (Å²) in [6.07, 6.45) is -5.97. The maximum absolute atomic E-state index is 12.5. The number of nitrogen functional groups attached to an aromatic ring is 1. The Hall–Kier alpha value is -4.74. The summed E-state index contributed by atoms with van der Waals surface area (Å²) in [6.45, 7) is 2.73. The fourth-order valence-corrected chi connectivity index (χ4v) is 3.35. The van der Waals surface area contributed by atoms with Crippen molar-refractivity contribution in [2.75, 3.05) is 6.54 Å². The van der Waals surface area contributed by atoms with Crippen molar-refractivity contribution in [1.29, 1.82) is 5.41 Å². The first-order valence-corrected chi connectivity index (χ1v) is 12.1. The lowest BCUT2D eigenvalue weighted by Gasteiger charge is -2.17. The van der Waals surface area contributed by atoms with Gasteiger partial charge in [-0.3, -0.25) is 20.0 Å². The number of carboxylic acids is 2. The summed E-state index contributed by atoms with van der Waals surface area (Å²) in [6, 6.07) is 10.1. The smallest absolute Gasteiger partial charge is 0.475 e. The zero-order valence-electron chi connectivity index (χ0n) is 22.3. The first-order valence-electron chi connectivity index (χ1n) is 12.1. The minimum atomic E-state index is -5.08. The number of aromatic nitrogens is 1. The molecule has 1 saturated heterocycles. The highest BCUT2D eigenvalue weighted by atomic mass is 19.4. The molecule has 1 aromatic carbocycles. The lowest BCUT2D eigenvalue weighted by molar-refractivity contribution is -0.193. The highest BCUT2D eigenvalue weighted by molar-refractivity contribution is 5.95. The number of nitrogens with one attached hydrogen (secondary N) is 4. The van der Waals surface area contributed by atoms with E-state index in [0.717, 1.165) is 17.7 Å². The highest BCUT2D eigenvalue weighted by Gasteiger charge is 2.39. The van der Waals surface area contributed by atoms with Gasteiger partial charge in [0.05, 0.1) is 6.04 Å². The maximum Gasteiger partial charge on any atom is 0.490 e. The largest absolute Gasteiger partial charge is 0.490 e. The number of rotatable bonds is 7. The van der Waals surface area contributed by atoms with Gasteiger partial charge in [-0.2, -0.15) is 26.3 Å². The number of carbonyl (C=O) groups is 4. The molecule has 0 saturated carbocycles. The topological polar surface area (TPSA) is 208 Å². The quantitative estimate of drug-likeness (QED) is 0.137. The molecule has 0 unspecified atom stereocenters. The van der Waals surface area contributed by atoms with E-state index < -0.39 is 30.3 Å². The van der Waals surface area contributed by atoms with Crippen molar-refractivity contribution >= 4 is 29.6 Å². The normalized spacial score (nSPS) is 16.7. The number of amidine groups is 1. The maximum atomic E-state index is 12.5. The zero-order chi connectivity index (χ0) is 33.0. The minimum Gasteiger partial charge on any atom is -0.475 e. The molecule has 1 aliphatic rings. The second kappa shape index (κ2) is 16.0. The Labute approximate surface area is 240 Å². The van der Waals surface area contributed by atoms with Gasteiger partial charge in [-0.05, 0) is 42.5 Å². The van der Waals surface area contributed by atoms with E-state index in [9.17, 15) is 35.9 Å². The van der Waals surface area contributed by atoms with Crippen LogP contribution in [0.3, 0.4) is 0 Å². The van der Waals surface area contributed by atoms with Gasteiger partial charge < -0.3 is 31.9 Å². The molecule has 8 N–H and O–H groups in total. The lowest BCUT2D eigenvalue weighted by Crippen LogP contribution is -2.49. The number of benzene rings is 1. The molecule has 0 aliphatic carbocycles. The summed E-state index contributed by atoms with van der Waals surface area (Å²) in [7, 11) is 0. The third-order valence-corrected chi connectivity index (χ3v) is 5.59. The van der Waals surface area contributed by atoms with E-state index in [1.165, 1.54) is 0 Å². The van der Waals surface area contributed by atoms with Crippen molar-refractivity contribution in [2.45, 2.75) is 50.2 Å². The zero-order valence-corrected chi connectivity index (χ0v) is 22.3. The van der Waals surface area contributed by atoms with Crippen LogP contribution >= 0.6 is 0 Å². The molecule has 1 fully saturated rings. The Bertz CT molecular complexity index is 1230. The van der Waals surface area contributed by atoms with Gasteiger partial charge in [-0.1, -0.05) is 24.3 Å². The van der Waals surface area contributed by atoms with Crippen molar-refractivity contribution in [3.8, 4) is 0 Å². The predicted molar refractivity (Wildman–Crippen MR) is 138 cm³/mol. The van der Waals surface area contributed by atoms with Crippen LogP contribution in [-0.2, 0) is 25.7 Å². The monoisotopic (exact) mass is 622 g/mol. The summed E-state index contributed by atoms with van der Waals surface area (Å²) in [5.74, 6) is -5.67. The van der Waals surface area contributed by atoms with Gasteiger partial charge in [-0.25, -0.2) is 9.59 Å². The molecule has 2 aromatic rings. The van der Waals surface area contributed by atoms with Crippen molar-refractivity contribution in [3.05, 3.63) is 65.5 Å². The Morgan fingerprint density at radius 3 is 1.93 bits per heavy atom. The predicted octanol–water partition coefficient (Wildman–Crippen LogP) is 1.90. The third kappa shape index (κ3) is 13.2. The third-order valence-electron chi connectivity index (χ3n) is 5.59. The van der Waals surface area contributed by atoms with Crippen molar-refractivity contribution in [3.63, 3.8) is 0 Å². The number of nitrogens with two attached hydrogens (primary N) is 1. The molecule has 2 amide bonds. The molecule has 0 spiro atoms. The van der Waals surface area contributed by atoms with Crippen LogP contribution in [0.25, 0.3) is 0 Å². The molecule has 43 heavy (non-hydrogen) atoms. The Morgan fingerprint density at radius 1 is 1.00 bits per heavy atom. The molecule has 3 atom stereocenters. The summed E-state index contributed by atoms with van der Waals surface area (Å²) >= 11 is 0. The van der Waals surface area contributed by atoms with Gasteiger partial charge in [0.1, 0.15) is 11.9 Å². The van der Waals surface area contributed by atoms with E-state index in [2.05, 4.69) is 20.9 Å². The van der Waals surface area contributed by atoms with Gasteiger partial charge in [0.2, 0.25) is 11.8 Å². The van der Waals surface area contributed by atoms with Crippen LogP contribution in [0.5, 0.6) is 0 Å². The van der Waals surface area contributed by atoms with Gasteiger partial charge in [0.25, 0.3) is 0 Å². The van der Waals surface area contributed by atoms with Crippen LogP contribution in [0, 0.1) is 5.41 Å². The first kappa shape index (κ1) is 36.3. The van der Waals surface area contributed by atoms with Gasteiger partial charge in [-0.15, -0.1) is 0 Å². The van der Waals surface area contributed by atoms with Gasteiger partial charge >= 0.3 is 24.3 Å². The van der Waals surface area contributed by atoms with E-state index in [1.807, 2.05) is 24.3 Å². The second-order valence-electron chi connectivity index (χ2n) is 8.84. The number of aliphatic carboxylic acids is 2. The van der Waals surface area contributed by atoms with Crippen LogP contribution < -0.4 is 21.7 Å². The number of nitrogens with zero attached hydrogens (tertiary/aromatic N) is 1. The number of hydrogen-bond donors (Lipinski definition) is 7. The van der Waals surface area contributed by atoms with Gasteiger partial charge in [0, 0.05) is 31.0 Å². The number of carboxylic acid groups (broad SMARTS) is 2. The van der Waals surface area contributed by atoms with Crippen LogP contribution in [0.4, 0.5) is 26.3 Å². The fraction of sp³-hybridized carbons (Fsp3) is 0.360. The lowest BCUT2D eigenvalue weighted by atomic mass is 9.97. The number of halogens is 6. The minimum absolute atomic E-state index is 0.00334. The summed E-state index contributed by atoms with van der Waals surface area (Å²) in [5, 5.41) is 30.5. The molecule has 0 radical (unpaired) electrons. The fourth-order valence-electron chi connectivity index (χ4n) is 3.35. The summed E-state index contributed by atoms with van der Waals surface area (Å²) in [4.78, 5) is 46.6. The highest BCUT2D eigenvalue weighted by Crippen LogP contribution is 2.25. The van der Waals surface area contributed by atoms with Crippen molar-refractivity contribution in [1.82, 2.24) is 20.9 Å². The second-order valence-corrected chi connectivity index (χ2v) is 8.84. The molecule has 0 bridgehead atoms. The summed E-state index contributed by atoms with van der Waals surface area (Å²) < 4.78 is 63.5. The van der Waals surface area contributed by atoms with Crippen molar-refractivity contribution in [2.24, 2.45) is 5.73 Å². The molecule has 3 rings (SSSR count). The van der Waals surface area contributed by atoms with E-state index in [0.29, 0.717) is 18.5 Å². The molecule has 236 valence electrons. The number of hydrogen-bond acceptors (Lipinski definition) is 7. The summed E-state index contributed by atoms with van der Waals surface area (Å²) in [5.41, 5.74) is 8.11. The van der Waals surface area contributed by atoms with E-state index in [1.54, 1.807) is 31.5 Å². The Balaban J connectivity index is 0.000000548. The molecular formula is C25H28F6N6O6. The van der Waals surface area contributed by atoms with Gasteiger partial charge in [0.15, 0.2) is 0 Å². The van der Waals surface area contributed by atoms with Crippen LogP contribution in [-0.4, -0.2) is 75.8 Å². The molecule has 12 nitrogen and oxygen atoms in total. The molecule has 1 aliphatic heterocycles. The number of alkyl halides is 6. The van der Waals surface area contributed by atoms with Crippen LogP contribution in [0.1, 0.15) is 36.0 Å². The van der Waals surface area contributed by atoms with E-state index in [-0.39, 0.29) is 29.6 Å². The number of pyridine rings is 1. The first-order chi connectivity index (χ1) is 19.8. The SMILES string of the molecule is C[C@H](NC(=O)[C@H]1C[C@@H](c2ccncc2)CN1)C(=O)NCc1ccc(C(=N)N)cc1.O=C(O)C(F)(F)F.O=C(O)C(F)(F)F. The molecule has 2 heterocycles. The van der Waals surface area contributed by atoms with Crippen LogP contribution in [0.15, 0.2) is 48.8 Å². The standard InChI is InChI=1S/C21H26N6O2.2C2HF3O2/c1-13(20(28)26-11-14-2-4-16(5-3-14)19(22)23)27-21(29)18-10-17(12-25-18)15-6-8-24-9-7-15;2*3-2(4,5)1(6)7/h2-9,13,17-18,25H,10-12H2,1H3,(H3,22,23)(H,26,28)(H,27,29);2*(H,6,7)/t13-,17+,18+;;/m0../s1. The Kier molecular flexibility index (Phi) is 13.5. The molecule has 18 heteroatoms. The average Bonchev–Trinajstić information content (AvgIpc) is 3.43. The average molecular weight is 623 g/mol. The molecule has 1 aromatic heterocycles. The van der Waals surface area contributed by atoms with Crippen molar-refractivity contribution < 1.29 is 55.7 Å². The molecular weight excluding hydrogens is 594 g/mol. The van der Waals surface area contributed by atoms with Crippen LogP contribution in [0.2, 0.25) is 0 Å². The Morgan fingerprint density at radius 2 is 1.49 bits per heavy atom.